The van der Waals surface area contributed by atoms with Crippen LogP contribution in [0.25, 0.3) is 10.1 Å². The lowest BCUT2D eigenvalue weighted by Gasteiger charge is -1.99. The maximum atomic E-state index is 9.11. The van der Waals surface area contributed by atoms with E-state index in [1.54, 1.807) is 11.3 Å². The molecule has 0 N–H and O–H groups in total. The number of hydrogen-bond acceptors (Lipinski definition) is 2. The fourth-order valence-corrected chi connectivity index (χ4v) is 2.74. The van der Waals surface area contributed by atoms with Crippen LogP contribution in [0.15, 0.2) is 24.3 Å². The highest BCUT2D eigenvalue weighted by molar-refractivity contribution is 7.19. The van der Waals surface area contributed by atoms with Crippen LogP contribution in [-0.2, 0) is 0 Å². The minimum Gasteiger partial charge on any atom is -0.192 e. The first kappa shape index (κ1) is 9.23. The van der Waals surface area contributed by atoms with Gasteiger partial charge in [0, 0.05) is 15.0 Å². The average Bonchev–Trinajstić information content (AvgIpc) is 2.56. The second-order valence-corrected chi connectivity index (χ2v) is 4.69. The number of fused-ring (bicyclic) bond motifs is 1. The van der Waals surface area contributed by atoms with E-state index in [9.17, 15) is 0 Å². The summed E-state index contributed by atoms with van der Waals surface area (Å²) in [5.41, 5.74) is 0.862. The van der Waals surface area contributed by atoms with Gasteiger partial charge in [0.2, 0.25) is 0 Å². The van der Waals surface area contributed by atoms with Crippen LogP contribution in [0.2, 0.25) is 0 Å². The van der Waals surface area contributed by atoms with E-state index < -0.39 is 0 Å². The summed E-state index contributed by atoms with van der Waals surface area (Å²) in [5.74, 6) is 0.432. The fraction of sp³-hybridized carbons (Fsp3) is 0.250. The van der Waals surface area contributed by atoms with Crippen molar-refractivity contribution in [3.8, 4) is 6.07 Å². The quantitative estimate of drug-likeness (QED) is 0.686. The first-order valence-electron chi connectivity index (χ1n) is 4.65. The zero-order valence-corrected chi connectivity index (χ0v) is 9.06. The van der Waals surface area contributed by atoms with E-state index in [1.807, 2.05) is 18.2 Å². The standard InChI is InChI=1S/C12H11NS/c1-8(2)12-10(7-13)9-5-3-4-6-11(9)14-12/h3-6,8H,1-2H3. The molecular weight excluding hydrogens is 190 g/mol. The van der Waals surface area contributed by atoms with E-state index >= 15 is 0 Å². The molecule has 70 valence electrons. The van der Waals surface area contributed by atoms with Crippen LogP contribution in [-0.4, -0.2) is 0 Å². The summed E-state index contributed by atoms with van der Waals surface area (Å²) in [4.78, 5) is 1.20. The lowest BCUT2D eigenvalue weighted by Crippen LogP contribution is -1.85. The summed E-state index contributed by atoms with van der Waals surface area (Å²) in [7, 11) is 0. The summed E-state index contributed by atoms with van der Waals surface area (Å²) in [6.07, 6.45) is 0. The van der Waals surface area contributed by atoms with Crippen LogP contribution in [0.3, 0.4) is 0 Å². The molecule has 0 amide bonds. The van der Waals surface area contributed by atoms with E-state index in [0.29, 0.717) is 5.92 Å². The normalized spacial score (nSPS) is 10.7. The van der Waals surface area contributed by atoms with Crippen LogP contribution in [0.4, 0.5) is 0 Å². The van der Waals surface area contributed by atoms with E-state index in [4.69, 9.17) is 5.26 Å². The number of nitrogens with zero attached hydrogens (tertiary/aromatic N) is 1. The van der Waals surface area contributed by atoms with E-state index in [-0.39, 0.29) is 0 Å². The van der Waals surface area contributed by atoms with Gasteiger partial charge in [-0.1, -0.05) is 32.0 Å². The number of nitriles is 1. The van der Waals surface area contributed by atoms with Crippen LogP contribution >= 0.6 is 11.3 Å². The van der Waals surface area contributed by atoms with Gasteiger partial charge in [-0.2, -0.15) is 5.26 Å². The SMILES string of the molecule is CC(C)c1sc2ccccc2c1C#N. The Balaban J connectivity index is 2.81. The largest absolute Gasteiger partial charge is 0.192 e. The molecule has 14 heavy (non-hydrogen) atoms. The van der Waals surface area contributed by atoms with Crippen LogP contribution in [0.5, 0.6) is 0 Å². The third-order valence-electron chi connectivity index (χ3n) is 2.26. The van der Waals surface area contributed by atoms with Gasteiger partial charge in [-0.25, -0.2) is 0 Å². The van der Waals surface area contributed by atoms with Crippen LogP contribution in [0.1, 0.15) is 30.2 Å². The monoisotopic (exact) mass is 201 g/mol. The maximum Gasteiger partial charge on any atom is 0.101 e. The third kappa shape index (κ3) is 1.30. The molecule has 0 radical (unpaired) electrons. The second kappa shape index (κ2) is 3.43. The number of rotatable bonds is 1. The van der Waals surface area contributed by atoms with Crippen molar-refractivity contribution in [3.05, 3.63) is 34.7 Å². The molecule has 0 unspecified atom stereocenters. The molecule has 0 spiro atoms. The zero-order chi connectivity index (χ0) is 10.1. The van der Waals surface area contributed by atoms with Crippen molar-refractivity contribution in [3.63, 3.8) is 0 Å². The topological polar surface area (TPSA) is 23.8 Å². The Morgan fingerprint density at radius 3 is 2.64 bits per heavy atom. The van der Waals surface area contributed by atoms with E-state index in [0.717, 1.165) is 10.9 Å². The highest BCUT2D eigenvalue weighted by atomic mass is 32.1. The summed E-state index contributed by atoms with van der Waals surface area (Å²) in [6, 6.07) is 10.4. The minimum absolute atomic E-state index is 0.432. The van der Waals surface area contributed by atoms with Gasteiger partial charge in [0.25, 0.3) is 0 Å². The van der Waals surface area contributed by atoms with Crippen molar-refractivity contribution in [1.82, 2.24) is 0 Å². The predicted octanol–water partition coefficient (Wildman–Crippen LogP) is 3.90. The molecule has 1 aromatic carbocycles. The van der Waals surface area contributed by atoms with Gasteiger partial charge in [-0.3, -0.25) is 0 Å². The Bertz CT molecular complexity index is 503. The summed E-state index contributed by atoms with van der Waals surface area (Å²) < 4.78 is 1.22. The molecule has 0 atom stereocenters. The van der Waals surface area contributed by atoms with Gasteiger partial charge in [0.05, 0.1) is 5.56 Å². The average molecular weight is 201 g/mol. The molecule has 0 aliphatic heterocycles. The zero-order valence-electron chi connectivity index (χ0n) is 8.24. The molecule has 2 rings (SSSR count). The smallest absolute Gasteiger partial charge is 0.101 e. The molecule has 1 nitrogen and oxygen atoms in total. The molecule has 0 fully saturated rings. The van der Waals surface area contributed by atoms with Crippen molar-refractivity contribution < 1.29 is 0 Å². The maximum absolute atomic E-state index is 9.11. The Labute approximate surface area is 87.6 Å². The molecule has 0 saturated heterocycles. The first-order chi connectivity index (χ1) is 6.74. The molecule has 1 heterocycles. The van der Waals surface area contributed by atoms with Crippen LogP contribution < -0.4 is 0 Å². The first-order valence-corrected chi connectivity index (χ1v) is 5.47. The molecule has 0 aliphatic rings. The van der Waals surface area contributed by atoms with Crippen molar-refractivity contribution in [2.45, 2.75) is 19.8 Å². The minimum atomic E-state index is 0.432. The number of benzene rings is 1. The summed E-state index contributed by atoms with van der Waals surface area (Å²) >= 11 is 1.73. The van der Waals surface area contributed by atoms with Crippen molar-refractivity contribution >= 4 is 21.4 Å². The van der Waals surface area contributed by atoms with Gasteiger partial charge in [-0.05, 0) is 12.0 Å². The van der Waals surface area contributed by atoms with E-state index in [2.05, 4.69) is 26.0 Å². The molecule has 2 heteroatoms. The fourth-order valence-electron chi connectivity index (χ4n) is 1.59. The molecule has 0 bridgehead atoms. The Hall–Kier alpha value is -1.33. The van der Waals surface area contributed by atoms with Crippen LogP contribution in [0, 0.1) is 11.3 Å². The predicted molar refractivity (Wildman–Crippen MR) is 60.6 cm³/mol. The highest BCUT2D eigenvalue weighted by Crippen LogP contribution is 2.35. The molecular formula is C12H11NS. The van der Waals surface area contributed by atoms with Gasteiger partial charge >= 0.3 is 0 Å². The summed E-state index contributed by atoms with van der Waals surface area (Å²) in [5, 5.41) is 10.2. The van der Waals surface area contributed by atoms with Gasteiger partial charge in [-0.15, -0.1) is 11.3 Å². The van der Waals surface area contributed by atoms with Gasteiger partial charge < -0.3 is 0 Å². The van der Waals surface area contributed by atoms with Crippen molar-refractivity contribution in [2.75, 3.05) is 0 Å². The van der Waals surface area contributed by atoms with E-state index in [1.165, 1.54) is 9.58 Å². The number of thiophene rings is 1. The highest BCUT2D eigenvalue weighted by Gasteiger charge is 2.13. The van der Waals surface area contributed by atoms with Crippen molar-refractivity contribution in [1.29, 1.82) is 5.26 Å². The number of hydrogen-bond donors (Lipinski definition) is 0. The lowest BCUT2D eigenvalue weighted by molar-refractivity contribution is 0.887. The van der Waals surface area contributed by atoms with Crippen molar-refractivity contribution in [2.24, 2.45) is 0 Å². The molecule has 0 saturated carbocycles. The summed E-state index contributed by atoms with van der Waals surface area (Å²) in [6.45, 7) is 4.26. The van der Waals surface area contributed by atoms with Gasteiger partial charge in [0.1, 0.15) is 6.07 Å². The Morgan fingerprint density at radius 1 is 1.29 bits per heavy atom. The second-order valence-electron chi connectivity index (χ2n) is 3.60. The Kier molecular flexibility index (Phi) is 2.26. The van der Waals surface area contributed by atoms with Gasteiger partial charge in [0.15, 0.2) is 0 Å². The molecule has 0 aliphatic carbocycles. The molecule has 1 aromatic heterocycles. The lowest BCUT2D eigenvalue weighted by atomic mass is 10.1. The Morgan fingerprint density at radius 2 is 2.00 bits per heavy atom. The molecule has 2 aromatic rings. The third-order valence-corrected chi connectivity index (χ3v) is 3.73.